The van der Waals surface area contributed by atoms with Gasteiger partial charge in [-0.05, 0) is 38.1 Å². The minimum atomic E-state index is -0.221. The van der Waals surface area contributed by atoms with Gasteiger partial charge in [0.25, 0.3) is 0 Å². The molecule has 18 heavy (non-hydrogen) atoms. The maximum atomic E-state index is 11.4. The lowest BCUT2D eigenvalue weighted by atomic mass is 9.95. The molecule has 1 heterocycles. The summed E-state index contributed by atoms with van der Waals surface area (Å²) in [6, 6.07) is 0. The quantitative estimate of drug-likeness (QED) is 0.578. The first-order valence-electron chi connectivity index (χ1n) is 6.81. The molecule has 1 aliphatic heterocycles. The molecule has 1 rings (SSSR count). The Morgan fingerprint density at radius 3 is 2.94 bits per heavy atom. The summed E-state index contributed by atoms with van der Waals surface area (Å²) in [5.41, 5.74) is 0.752. The lowest BCUT2D eigenvalue weighted by Gasteiger charge is -2.31. The second kappa shape index (κ2) is 8.27. The number of likely N-dealkylation sites (tertiary alicyclic amines) is 1. The number of esters is 1. The standard InChI is InChI=1S/C14H25NO3/c1-3-13(14(17)18-2)6-9-15-8-4-5-12(11-15)7-10-16/h6,12,16H,3-5,7-11H2,1-2H3. The van der Waals surface area contributed by atoms with E-state index < -0.39 is 0 Å². The highest BCUT2D eigenvalue weighted by Crippen LogP contribution is 2.19. The molecule has 1 aliphatic rings. The zero-order valence-electron chi connectivity index (χ0n) is 11.5. The van der Waals surface area contributed by atoms with Crippen molar-refractivity contribution in [2.75, 3.05) is 33.4 Å². The summed E-state index contributed by atoms with van der Waals surface area (Å²) in [6.07, 6.45) is 5.96. The zero-order valence-corrected chi connectivity index (χ0v) is 11.5. The van der Waals surface area contributed by atoms with Gasteiger partial charge in [-0.2, -0.15) is 0 Å². The molecule has 0 saturated carbocycles. The third kappa shape index (κ3) is 4.78. The molecule has 0 aliphatic carbocycles. The predicted octanol–water partition coefficient (Wildman–Crippen LogP) is 1.59. The molecule has 4 nitrogen and oxygen atoms in total. The second-order valence-electron chi connectivity index (χ2n) is 4.85. The fourth-order valence-corrected chi connectivity index (χ4v) is 2.48. The number of rotatable bonds is 6. The van der Waals surface area contributed by atoms with Gasteiger partial charge in [0.15, 0.2) is 0 Å². The number of hydrogen-bond acceptors (Lipinski definition) is 4. The first kappa shape index (κ1) is 15.2. The molecule has 4 heteroatoms. The number of nitrogens with zero attached hydrogens (tertiary/aromatic N) is 1. The smallest absolute Gasteiger partial charge is 0.333 e. The minimum absolute atomic E-state index is 0.221. The molecule has 0 aromatic rings. The monoisotopic (exact) mass is 255 g/mol. The summed E-state index contributed by atoms with van der Waals surface area (Å²) in [7, 11) is 1.42. The largest absolute Gasteiger partial charge is 0.466 e. The van der Waals surface area contributed by atoms with Crippen molar-refractivity contribution >= 4 is 5.97 Å². The lowest BCUT2D eigenvalue weighted by Crippen LogP contribution is -2.36. The van der Waals surface area contributed by atoms with E-state index in [2.05, 4.69) is 4.90 Å². The average molecular weight is 255 g/mol. The third-order valence-corrected chi connectivity index (χ3v) is 3.56. The number of ether oxygens (including phenoxy) is 1. The Bertz CT molecular complexity index is 287. The number of piperidine rings is 1. The summed E-state index contributed by atoms with van der Waals surface area (Å²) in [4.78, 5) is 13.8. The van der Waals surface area contributed by atoms with Crippen molar-refractivity contribution in [1.82, 2.24) is 4.90 Å². The van der Waals surface area contributed by atoms with Crippen LogP contribution < -0.4 is 0 Å². The van der Waals surface area contributed by atoms with Crippen molar-refractivity contribution in [3.8, 4) is 0 Å². The number of aliphatic hydroxyl groups excluding tert-OH is 1. The third-order valence-electron chi connectivity index (χ3n) is 3.56. The predicted molar refractivity (Wildman–Crippen MR) is 71.3 cm³/mol. The fourth-order valence-electron chi connectivity index (χ4n) is 2.48. The topological polar surface area (TPSA) is 49.8 Å². The van der Waals surface area contributed by atoms with Crippen molar-refractivity contribution in [2.24, 2.45) is 5.92 Å². The van der Waals surface area contributed by atoms with Crippen LogP contribution in [0.25, 0.3) is 0 Å². The van der Waals surface area contributed by atoms with Crippen LogP contribution in [0, 0.1) is 5.92 Å². The van der Waals surface area contributed by atoms with E-state index in [1.54, 1.807) is 0 Å². The van der Waals surface area contributed by atoms with E-state index in [1.165, 1.54) is 20.0 Å². The van der Waals surface area contributed by atoms with Gasteiger partial charge in [0.05, 0.1) is 7.11 Å². The maximum Gasteiger partial charge on any atom is 0.333 e. The highest BCUT2D eigenvalue weighted by molar-refractivity contribution is 5.88. The highest BCUT2D eigenvalue weighted by atomic mass is 16.5. The van der Waals surface area contributed by atoms with Gasteiger partial charge in [0.2, 0.25) is 0 Å². The Kier molecular flexibility index (Phi) is 6.98. The van der Waals surface area contributed by atoms with E-state index >= 15 is 0 Å². The van der Waals surface area contributed by atoms with Crippen molar-refractivity contribution in [1.29, 1.82) is 0 Å². The van der Waals surface area contributed by atoms with Crippen LogP contribution >= 0.6 is 0 Å². The van der Waals surface area contributed by atoms with Crippen LogP contribution in [0.15, 0.2) is 11.6 Å². The molecule has 1 fully saturated rings. The number of aliphatic hydroxyl groups is 1. The van der Waals surface area contributed by atoms with E-state index in [1.807, 2.05) is 13.0 Å². The Morgan fingerprint density at radius 2 is 2.33 bits per heavy atom. The fraction of sp³-hybridized carbons (Fsp3) is 0.786. The van der Waals surface area contributed by atoms with E-state index in [0.717, 1.165) is 31.6 Å². The van der Waals surface area contributed by atoms with Gasteiger partial charge >= 0.3 is 5.97 Å². The molecule has 0 radical (unpaired) electrons. The molecule has 0 bridgehead atoms. The maximum absolute atomic E-state index is 11.4. The summed E-state index contributed by atoms with van der Waals surface area (Å²) >= 11 is 0. The molecule has 1 atom stereocenters. The van der Waals surface area contributed by atoms with Gasteiger partial charge in [-0.25, -0.2) is 4.79 Å². The number of hydrogen-bond donors (Lipinski definition) is 1. The van der Waals surface area contributed by atoms with Crippen LogP contribution in [0.4, 0.5) is 0 Å². The lowest BCUT2D eigenvalue weighted by molar-refractivity contribution is -0.136. The molecular formula is C14H25NO3. The SMILES string of the molecule is CCC(=CCN1CCCC(CCO)C1)C(=O)OC. The molecule has 1 unspecified atom stereocenters. The zero-order chi connectivity index (χ0) is 13.4. The molecule has 1 N–H and O–H groups in total. The first-order chi connectivity index (χ1) is 8.71. The number of carbonyl (C=O) groups excluding carboxylic acids is 1. The minimum Gasteiger partial charge on any atom is -0.466 e. The van der Waals surface area contributed by atoms with Crippen LogP contribution in [-0.4, -0.2) is 49.3 Å². The second-order valence-corrected chi connectivity index (χ2v) is 4.85. The molecule has 0 amide bonds. The van der Waals surface area contributed by atoms with Gasteiger partial charge in [0.1, 0.15) is 0 Å². The Hall–Kier alpha value is -0.870. The number of carbonyl (C=O) groups is 1. The molecule has 1 saturated heterocycles. The van der Waals surface area contributed by atoms with Crippen molar-refractivity contribution in [2.45, 2.75) is 32.6 Å². The molecular weight excluding hydrogens is 230 g/mol. The molecule has 104 valence electrons. The van der Waals surface area contributed by atoms with Gasteiger partial charge in [-0.15, -0.1) is 0 Å². The van der Waals surface area contributed by atoms with Gasteiger partial charge in [-0.1, -0.05) is 13.0 Å². The van der Waals surface area contributed by atoms with Gasteiger partial charge in [0, 0.05) is 25.3 Å². The van der Waals surface area contributed by atoms with E-state index in [0.29, 0.717) is 12.3 Å². The van der Waals surface area contributed by atoms with Crippen molar-refractivity contribution < 1.29 is 14.6 Å². The Morgan fingerprint density at radius 1 is 1.56 bits per heavy atom. The number of methoxy groups -OCH3 is 1. The van der Waals surface area contributed by atoms with E-state index in [-0.39, 0.29) is 12.6 Å². The van der Waals surface area contributed by atoms with Crippen LogP contribution in [0.3, 0.4) is 0 Å². The van der Waals surface area contributed by atoms with Crippen LogP contribution in [0.5, 0.6) is 0 Å². The van der Waals surface area contributed by atoms with E-state index in [4.69, 9.17) is 9.84 Å². The van der Waals surface area contributed by atoms with Gasteiger partial charge < -0.3 is 9.84 Å². The summed E-state index contributed by atoms with van der Waals surface area (Å²) < 4.78 is 4.74. The van der Waals surface area contributed by atoms with Crippen molar-refractivity contribution in [3.63, 3.8) is 0 Å². The molecule has 0 aromatic carbocycles. The van der Waals surface area contributed by atoms with Gasteiger partial charge in [-0.3, -0.25) is 4.90 Å². The normalized spacial score (nSPS) is 21.9. The Labute approximate surface area is 110 Å². The Balaban J connectivity index is 2.45. The van der Waals surface area contributed by atoms with Crippen LogP contribution in [0.1, 0.15) is 32.6 Å². The summed E-state index contributed by atoms with van der Waals surface area (Å²) in [5.74, 6) is 0.377. The van der Waals surface area contributed by atoms with Crippen LogP contribution in [0.2, 0.25) is 0 Å². The van der Waals surface area contributed by atoms with E-state index in [9.17, 15) is 4.79 Å². The molecule has 0 aromatic heterocycles. The summed E-state index contributed by atoms with van der Waals surface area (Å²) in [6.45, 7) is 5.15. The first-order valence-corrected chi connectivity index (χ1v) is 6.81. The van der Waals surface area contributed by atoms with Crippen LogP contribution in [-0.2, 0) is 9.53 Å². The molecule has 0 spiro atoms. The summed E-state index contributed by atoms with van der Waals surface area (Å²) in [5, 5.41) is 8.97. The van der Waals surface area contributed by atoms with Crippen molar-refractivity contribution in [3.05, 3.63) is 11.6 Å². The highest BCUT2D eigenvalue weighted by Gasteiger charge is 2.18. The average Bonchev–Trinajstić information content (AvgIpc) is 2.40.